The first-order valence-corrected chi connectivity index (χ1v) is 11.1. The molecule has 0 spiro atoms. The number of benzene rings is 2. The van der Waals surface area contributed by atoms with E-state index in [2.05, 4.69) is 10.3 Å². The maximum absolute atomic E-state index is 12.7. The van der Waals surface area contributed by atoms with Crippen molar-refractivity contribution in [2.24, 2.45) is 0 Å². The van der Waals surface area contributed by atoms with Crippen molar-refractivity contribution in [1.82, 2.24) is 4.98 Å². The van der Waals surface area contributed by atoms with Crippen LogP contribution < -0.4 is 5.32 Å². The number of halogens is 1. The third-order valence-corrected chi connectivity index (χ3v) is 6.51. The molecular formula is C19H17ClN2O3S2. The van der Waals surface area contributed by atoms with E-state index in [9.17, 15) is 13.2 Å². The number of thiazole rings is 1. The molecule has 2 aromatic carbocycles. The maximum Gasteiger partial charge on any atom is 0.267 e. The summed E-state index contributed by atoms with van der Waals surface area (Å²) < 4.78 is 23.5. The van der Waals surface area contributed by atoms with Crippen LogP contribution in [0, 0.1) is 13.8 Å². The predicted molar refractivity (Wildman–Crippen MR) is 110 cm³/mol. The van der Waals surface area contributed by atoms with Crippen LogP contribution in [-0.4, -0.2) is 25.6 Å². The molecule has 3 aromatic rings. The first kappa shape index (κ1) is 19.5. The van der Waals surface area contributed by atoms with Gasteiger partial charge in [-0.2, -0.15) is 0 Å². The summed E-state index contributed by atoms with van der Waals surface area (Å²) in [6.07, 6.45) is 1.13. The number of carbonyl (C=O) groups is 1. The smallest absolute Gasteiger partial charge is 0.267 e. The third kappa shape index (κ3) is 4.37. The minimum atomic E-state index is -3.36. The Bertz CT molecular complexity index is 1140. The van der Waals surface area contributed by atoms with Crippen LogP contribution in [0.4, 0.5) is 5.69 Å². The van der Waals surface area contributed by atoms with Gasteiger partial charge in [0.15, 0.2) is 9.84 Å². The van der Waals surface area contributed by atoms with Crippen molar-refractivity contribution in [2.45, 2.75) is 18.7 Å². The lowest BCUT2D eigenvalue weighted by atomic mass is 10.2. The second kappa shape index (κ2) is 7.42. The summed E-state index contributed by atoms with van der Waals surface area (Å²) in [4.78, 5) is 17.8. The molecule has 5 nitrogen and oxygen atoms in total. The van der Waals surface area contributed by atoms with E-state index in [0.717, 1.165) is 17.4 Å². The van der Waals surface area contributed by atoms with Crippen molar-refractivity contribution in [2.75, 3.05) is 11.6 Å². The Hall–Kier alpha value is -2.22. The molecule has 0 saturated heterocycles. The van der Waals surface area contributed by atoms with Gasteiger partial charge in [-0.3, -0.25) is 4.79 Å². The molecule has 1 heterocycles. The molecule has 0 radical (unpaired) electrons. The van der Waals surface area contributed by atoms with Gasteiger partial charge in [0.25, 0.3) is 5.91 Å². The number of rotatable bonds is 4. The minimum Gasteiger partial charge on any atom is -0.321 e. The van der Waals surface area contributed by atoms with Crippen LogP contribution in [0.5, 0.6) is 0 Å². The highest BCUT2D eigenvalue weighted by atomic mass is 35.5. The lowest BCUT2D eigenvalue weighted by molar-refractivity contribution is 0.102. The lowest BCUT2D eigenvalue weighted by Crippen LogP contribution is -2.13. The SMILES string of the molecule is Cc1ccc(S(C)(=O)=O)cc1NC(=O)c1sc(-c2cccc(Cl)c2)nc1C. The van der Waals surface area contributed by atoms with Gasteiger partial charge in [0.1, 0.15) is 9.88 Å². The molecule has 3 rings (SSSR count). The number of hydrogen-bond donors (Lipinski definition) is 1. The average Bonchev–Trinajstić information content (AvgIpc) is 2.98. The molecular weight excluding hydrogens is 404 g/mol. The molecule has 0 aliphatic heterocycles. The molecule has 1 amide bonds. The van der Waals surface area contributed by atoms with E-state index in [4.69, 9.17) is 11.6 Å². The zero-order chi connectivity index (χ0) is 19.8. The van der Waals surface area contributed by atoms with E-state index in [1.165, 1.54) is 23.5 Å². The van der Waals surface area contributed by atoms with Crippen LogP contribution >= 0.6 is 22.9 Å². The summed E-state index contributed by atoms with van der Waals surface area (Å²) in [5.74, 6) is -0.327. The Labute approximate surface area is 167 Å². The quantitative estimate of drug-likeness (QED) is 0.661. The van der Waals surface area contributed by atoms with Crippen molar-refractivity contribution >= 4 is 44.4 Å². The summed E-state index contributed by atoms with van der Waals surface area (Å²) in [6, 6.07) is 11.9. The van der Waals surface area contributed by atoms with Crippen LogP contribution in [0.15, 0.2) is 47.4 Å². The second-order valence-corrected chi connectivity index (χ2v) is 9.60. The van der Waals surface area contributed by atoms with Gasteiger partial charge in [0.05, 0.1) is 10.6 Å². The minimum absolute atomic E-state index is 0.157. The molecule has 0 bridgehead atoms. The number of nitrogens with zero attached hydrogens (tertiary/aromatic N) is 1. The Kier molecular flexibility index (Phi) is 5.37. The number of sulfone groups is 1. The van der Waals surface area contributed by atoms with Crippen LogP contribution in [-0.2, 0) is 9.84 Å². The van der Waals surface area contributed by atoms with Crippen molar-refractivity contribution in [1.29, 1.82) is 0 Å². The number of anilines is 1. The van der Waals surface area contributed by atoms with Gasteiger partial charge in [-0.05, 0) is 43.7 Å². The molecule has 0 aliphatic rings. The highest BCUT2D eigenvalue weighted by Gasteiger charge is 2.18. The highest BCUT2D eigenvalue weighted by molar-refractivity contribution is 7.90. The summed E-state index contributed by atoms with van der Waals surface area (Å²) in [5.41, 5.74) is 2.67. The Balaban J connectivity index is 1.92. The van der Waals surface area contributed by atoms with Gasteiger partial charge >= 0.3 is 0 Å². The van der Waals surface area contributed by atoms with E-state index in [-0.39, 0.29) is 10.8 Å². The normalized spacial score (nSPS) is 11.4. The molecule has 140 valence electrons. The molecule has 8 heteroatoms. The first-order valence-electron chi connectivity index (χ1n) is 8.00. The van der Waals surface area contributed by atoms with Gasteiger partial charge < -0.3 is 5.32 Å². The molecule has 0 saturated carbocycles. The average molecular weight is 421 g/mol. The van der Waals surface area contributed by atoms with Gasteiger partial charge in [-0.25, -0.2) is 13.4 Å². The van der Waals surface area contributed by atoms with E-state index >= 15 is 0 Å². The lowest BCUT2D eigenvalue weighted by Gasteiger charge is -2.09. The summed E-state index contributed by atoms with van der Waals surface area (Å²) in [6.45, 7) is 3.57. The van der Waals surface area contributed by atoms with Crippen molar-refractivity contribution in [3.8, 4) is 10.6 Å². The van der Waals surface area contributed by atoms with Gasteiger partial charge in [0.2, 0.25) is 0 Å². The Morgan fingerprint density at radius 2 is 1.89 bits per heavy atom. The van der Waals surface area contributed by atoms with Crippen LogP contribution in [0.2, 0.25) is 5.02 Å². The van der Waals surface area contributed by atoms with Crippen LogP contribution in [0.25, 0.3) is 10.6 Å². The van der Waals surface area contributed by atoms with Crippen molar-refractivity contribution < 1.29 is 13.2 Å². The third-order valence-electron chi connectivity index (χ3n) is 3.96. The molecule has 1 aromatic heterocycles. The maximum atomic E-state index is 12.7. The molecule has 1 N–H and O–H groups in total. The molecule has 0 unspecified atom stereocenters. The number of hydrogen-bond acceptors (Lipinski definition) is 5. The van der Waals surface area contributed by atoms with Gasteiger partial charge in [-0.15, -0.1) is 11.3 Å². The number of aromatic nitrogens is 1. The molecule has 0 fully saturated rings. The Morgan fingerprint density at radius 3 is 2.56 bits per heavy atom. The number of aryl methyl sites for hydroxylation is 2. The fourth-order valence-electron chi connectivity index (χ4n) is 2.50. The fraction of sp³-hybridized carbons (Fsp3) is 0.158. The van der Waals surface area contributed by atoms with Gasteiger partial charge in [-0.1, -0.05) is 29.8 Å². The standard InChI is InChI=1S/C19H17ClN2O3S2/c1-11-7-8-15(27(3,24)25)10-16(11)22-18(23)17-12(2)21-19(26-17)13-5-4-6-14(20)9-13/h4-10H,1-3H3,(H,22,23). The predicted octanol–water partition coefficient (Wildman–Crippen LogP) is 4.74. The van der Waals surface area contributed by atoms with E-state index in [1.54, 1.807) is 32.0 Å². The second-order valence-electron chi connectivity index (χ2n) is 6.15. The summed E-state index contributed by atoms with van der Waals surface area (Å²) in [7, 11) is -3.36. The van der Waals surface area contributed by atoms with E-state index in [0.29, 0.717) is 26.3 Å². The van der Waals surface area contributed by atoms with Crippen molar-refractivity contribution in [3.63, 3.8) is 0 Å². The van der Waals surface area contributed by atoms with Crippen LogP contribution in [0.1, 0.15) is 20.9 Å². The van der Waals surface area contributed by atoms with E-state index < -0.39 is 9.84 Å². The number of carbonyl (C=O) groups excluding carboxylic acids is 1. The molecule has 27 heavy (non-hydrogen) atoms. The van der Waals surface area contributed by atoms with Gasteiger partial charge in [0, 0.05) is 22.5 Å². The van der Waals surface area contributed by atoms with Crippen LogP contribution in [0.3, 0.4) is 0 Å². The monoisotopic (exact) mass is 420 g/mol. The largest absolute Gasteiger partial charge is 0.321 e. The van der Waals surface area contributed by atoms with E-state index in [1.807, 2.05) is 12.1 Å². The zero-order valence-corrected chi connectivity index (χ0v) is 17.3. The fourth-order valence-corrected chi connectivity index (χ4v) is 4.29. The number of nitrogens with one attached hydrogen (secondary N) is 1. The number of amides is 1. The molecule has 0 aliphatic carbocycles. The van der Waals surface area contributed by atoms with Crippen molar-refractivity contribution in [3.05, 3.63) is 63.6 Å². The highest BCUT2D eigenvalue weighted by Crippen LogP contribution is 2.30. The summed E-state index contributed by atoms with van der Waals surface area (Å²) >= 11 is 7.29. The topological polar surface area (TPSA) is 76.1 Å². The molecule has 0 atom stereocenters. The zero-order valence-electron chi connectivity index (χ0n) is 14.9. The first-order chi connectivity index (χ1) is 12.6. The Morgan fingerprint density at radius 1 is 1.15 bits per heavy atom. The summed E-state index contributed by atoms with van der Waals surface area (Å²) in [5, 5.41) is 4.09.